The van der Waals surface area contributed by atoms with Crippen LogP contribution in [0.15, 0.2) is 60.9 Å². The van der Waals surface area contributed by atoms with Crippen LogP contribution in [-0.2, 0) is 5.54 Å². The second-order valence-electron chi connectivity index (χ2n) is 9.98. The van der Waals surface area contributed by atoms with Gasteiger partial charge in [0.2, 0.25) is 0 Å². The molecule has 3 N–H and O–H groups in total. The molecule has 1 amide bonds. The largest absolute Gasteiger partial charge is 0.489 e. The van der Waals surface area contributed by atoms with E-state index >= 15 is 0 Å². The normalized spacial score (nSPS) is 18.3. The first-order valence-electron chi connectivity index (χ1n) is 12.7. The van der Waals surface area contributed by atoms with Crippen LogP contribution in [0.5, 0.6) is 5.75 Å². The van der Waals surface area contributed by atoms with Gasteiger partial charge in [0.15, 0.2) is 11.6 Å². The van der Waals surface area contributed by atoms with E-state index in [-0.39, 0.29) is 11.9 Å². The van der Waals surface area contributed by atoms with Crippen molar-refractivity contribution in [3.8, 4) is 17.1 Å². The lowest BCUT2D eigenvalue weighted by Gasteiger charge is -2.40. The predicted molar refractivity (Wildman–Crippen MR) is 150 cm³/mol. The Labute approximate surface area is 235 Å². The van der Waals surface area contributed by atoms with E-state index in [0.717, 1.165) is 48.6 Å². The Morgan fingerprint density at radius 2 is 1.92 bits per heavy atom. The number of likely N-dealkylation sites (tertiary alicyclic amines) is 1. The van der Waals surface area contributed by atoms with Crippen LogP contribution in [0, 0.1) is 0 Å². The van der Waals surface area contributed by atoms with E-state index < -0.39 is 5.54 Å². The van der Waals surface area contributed by atoms with Crippen molar-refractivity contribution in [1.82, 2.24) is 30.4 Å². The summed E-state index contributed by atoms with van der Waals surface area (Å²) in [6, 6.07) is 14.3. The van der Waals surface area contributed by atoms with Crippen molar-refractivity contribution in [2.75, 3.05) is 32.1 Å². The highest BCUT2D eigenvalue weighted by Crippen LogP contribution is 2.41. The summed E-state index contributed by atoms with van der Waals surface area (Å²) in [7, 11) is 2.11. The highest BCUT2D eigenvalue weighted by Gasteiger charge is 2.39. The molecular formula is C28H27Cl2N7O2. The van der Waals surface area contributed by atoms with Crippen LogP contribution in [0.1, 0.15) is 40.6 Å². The van der Waals surface area contributed by atoms with Gasteiger partial charge >= 0.3 is 0 Å². The predicted octanol–water partition coefficient (Wildman–Crippen LogP) is 5.07. The van der Waals surface area contributed by atoms with Crippen molar-refractivity contribution >= 4 is 34.8 Å². The molecule has 2 aliphatic rings. The highest BCUT2D eigenvalue weighted by molar-refractivity contribution is 6.35. The molecule has 9 nitrogen and oxygen atoms in total. The van der Waals surface area contributed by atoms with E-state index in [0.29, 0.717) is 33.8 Å². The van der Waals surface area contributed by atoms with Gasteiger partial charge in [-0.2, -0.15) is 5.10 Å². The summed E-state index contributed by atoms with van der Waals surface area (Å²) in [5.41, 5.74) is 2.55. The molecule has 4 heterocycles. The number of halogens is 2. The number of carbonyl (C=O) groups is 1. The van der Waals surface area contributed by atoms with Gasteiger partial charge in [-0.15, -0.1) is 0 Å². The molecule has 0 spiro atoms. The molecule has 0 aliphatic carbocycles. The molecule has 0 saturated carbocycles. The second kappa shape index (κ2) is 10.5. The number of hydrogen-bond donors (Lipinski definition) is 3. The van der Waals surface area contributed by atoms with Crippen LogP contribution in [0.25, 0.3) is 11.4 Å². The van der Waals surface area contributed by atoms with E-state index in [2.05, 4.69) is 37.8 Å². The quantitative estimate of drug-likeness (QED) is 0.300. The number of aromatic amines is 1. The maximum absolute atomic E-state index is 13.3. The molecule has 200 valence electrons. The van der Waals surface area contributed by atoms with Gasteiger partial charge in [0.25, 0.3) is 5.91 Å². The number of rotatable bonds is 6. The Balaban J connectivity index is 1.24. The van der Waals surface area contributed by atoms with Crippen molar-refractivity contribution in [2.45, 2.75) is 24.4 Å². The zero-order valence-corrected chi connectivity index (χ0v) is 22.8. The summed E-state index contributed by atoms with van der Waals surface area (Å²) < 4.78 is 5.72. The van der Waals surface area contributed by atoms with Gasteiger partial charge in [0, 0.05) is 52.9 Å². The van der Waals surface area contributed by atoms with Crippen LogP contribution in [-0.4, -0.2) is 57.7 Å². The number of nitrogens with one attached hydrogen (secondary N) is 3. The van der Waals surface area contributed by atoms with E-state index in [1.807, 2.05) is 30.3 Å². The molecule has 2 aliphatic heterocycles. The van der Waals surface area contributed by atoms with Crippen LogP contribution in [0.3, 0.4) is 0 Å². The van der Waals surface area contributed by atoms with Crippen molar-refractivity contribution in [1.29, 1.82) is 0 Å². The smallest absolute Gasteiger partial charge is 0.251 e. The highest BCUT2D eigenvalue weighted by atomic mass is 35.5. The SMILES string of the molecule is CN1CCC(Nc2cccc(C(=O)NC3COc4c(Cl)cc(Cl)cc43)c2)(c2nc(-c3ccncc3)n[nH]2)CC1. The summed E-state index contributed by atoms with van der Waals surface area (Å²) in [5, 5.41) is 15.4. The zero-order chi connectivity index (χ0) is 27.0. The number of carbonyl (C=O) groups excluding carboxylic acids is 1. The lowest BCUT2D eigenvalue weighted by molar-refractivity contribution is 0.0930. The first-order chi connectivity index (χ1) is 18.9. The molecule has 6 rings (SSSR count). The number of piperidine rings is 1. The molecule has 39 heavy (non-hydrogen) atoms. The Morgan fingerprint density at radius 1 is 1.13 bits per heavy atom. The molecule has 1 fully saturated rings. The van der Waals surface area contributed by atoms with Gasteiger partial charge in [-0.05, 0) is 62.4 Å². The van der Waals surface area contributed by atoms with Crippen LogP contribution in [0.4, 0.5) is 5.69 Å². The average molecular weight is 564 g/mol. The lowest BCUT2D eigenvalue weighted by atomic mass is 9.86. The summed E-state index contributed by atoms with van der Waals surface area (Å²) in [6.07, 6.45) is 5.10. The maximum atomic E-state index is 13.3. The number of benzene rings is 2. The molecule has 1 atom stereocenters. The minimum atomic E-state index is -0.467. The molecule has 2 aromatic carbocycles. The molecule has 1 unspecified atom stereocenters. The van der Waals surface area contributed by atoms with Crippen molar-refractivity contribution < 1.29 is 9.53 Å². The van der Waals surface area contributed by atoms with Crippen LogP contribution in [0.2, 0.25) is 10.0 Å². The monoisotopic (exact) mass is 563 g/mol. The van der Waals surface area contributed by atoms with Gasteiger partial charge in [-0.3, -0.25) is 14.9 Å². The molecule has 11 heteroatoms. The zero-order valence-electron chi connectivity index (χ0n) is 21.2. The van der Waals surface area contributed by atoms with Crippen molar-refractivity contribution in [3.05, 3.63) is 87.9 Å². The average Bonchev–Trinajstić information content (AvgIpc) is 3.60. The van der Waals surface area contributed by atoms with Gasteiger partial charge in [0.05, 0.1) is 16.6 Å². The molecule has 2 aromatic heterocycles. The molecular weight excluding hydrogens is 537 g/mol. The topological polar surface area (TPSA) is 108 Å². The number of nitrogens with zero attached hydrogens (tertiary/aromatic N) is 4. The van der Waals surface area contributed by atoms with Crippen molar-refractivity contribution in [3.63, 3.8) is 0 Å². The maximum Gasteiger partial charge on any atom is 0.251 e. The van der Waals surface area contributed by atoms with Gasteiger partial charge in [0.1, 0.15) is 12.4 Å². The number of ether oxygens (including phenoxy) is 1. The molecule has 0 radical (unpaired) electrons. The summed E-state index contributed by atoms with van der Waals surface area (Å²) in [6.45, 7) is 2.08. The Kier molecular flexibility index (Phi) is 6.88. The standard InChI is InChI=1S/C28H27Cl2N7O2/c1-37-11-7-28(8-12-37,27-33-25(35-36-27)17-5-9-31-10-6-17)34-20-4-2-3-18(13-20)26(38)32-23-16-39-24-21(23)14-19(29)15-22(24)30/h2-6,9-10,13-15,23,34H,7-8,11-12,16H2,1H3,(H,32,38)(H,33,35,36). The number of fused-ring (bicyclic) bond motifs is 1. The minimum absolute atomic E-state index is 0.215. The Morgan fingerprint density at radius 3 is 2.72 bits per heavy atom. The van der Waals surface area contributed by atoms with Gasteiger partial charge in [-0.1, -0.05) is 29.3 Å². The number of amides is 1. The minimum Gasteiger partial charge on any atom is -0.489 e. The Bertz CT molecular complexity index is 1500. The van der Waals surface area contributed by atoms with Crippen LogP contribution >= 0.6 is 23.2 Å². The number of aromatic nitrogens is 4. The number of H-pyrrole nitrogens is 1. The van der Waals surface area contributed by atoms with Gasteiger partial charge in [-0.25, -0.2) is 4.98 Å². The number of hydrogen-bond acceptors (Lipinski definition) is 7. The molecule has 4 aromatic rings. The third-order valence-corrected chi connectivity index (χ3v) is 7.84. The molecule has 0 bridgehead atoms. The lowest BCUT2D eigenvalue weighted by Crippen LogP contribution is -2.46. The van der Waals surface area contributed by atoms with E-state index in [4.69, 9.17) is 32.9 Å². The first-order valence-corrected chi connectivity index (χ1v) is 13.5. The summed E-state index contributed by atoms with van der Waals surface area (Å²) in [4.78, 5) is 24.5. The first kappa shape index (κ1) is 25.6. The number of pyridine rings is 1. The Hall–Kier alpha value is -3.66. The third kappa shape index (κ3) is 5.17. The fourth-order valence-electron chi connectivity index (χ4n) is 5.15. The third-order valence-electron chi connectivity index (χ3n) is 7.34. The van der Waals surface area contributed by atoms with Crippen molar-refractivity contribution in [2.24, 2.45) is 0 Å². The van der Waals surface area contributed by atoms with Crippen LogP contribution < -0.4 is 15.4 Å². The fraction of sp³-hybridized carbons (Fsp3) is 0.286. The fourth-order valence-corrected chi connectivity index (χ4v) is 5.71. The second-order valence-corrected chi connectivity index (χ2v) is 10.8. The van der Waals surface area contributed by atoms with E-state index in [9.17, 15) is 4.79 Å². The molecule has 1 saturated heterocycles. The summed E-state index contributed by atoms with van der Waals surface area (Å²) >= 11 is 12.5. The summed E-state index contributed by atoms with van der Waals surface area (Å²) in [5.74, 6) is 1.74. The van der Waals surface area contributed by atoms with E-state index in [1.54, 1.807) is 30.6 Å². The number of anilines is 1. The van der Waals surface area contributed by atoms with E-state index in [1.165, 1.54) is 0 Å². The van der Waals surface area contributed by atoms with Gasteiger partial charge < -0.3 is 20.3 Å².